The SMILES string of the molecule is Cc1nc2ccc(NC(=O)c3ccc(S(=O)(=O)NCc4ccco4)cc3)cc2s1. The molecule has 0 saturated heterocycles. The van der Waals surface area contributed by atoms with Gasteiger partial charge in [0, 0.05) is 11.3 Å². The molecule has 2 aromatic carbocycles. The highest BCUT2D eigenvalue weighted by Gasteiger charge is 2.15. The van der Waals surface area contributed by atoms with Gasteiger partial charge in [-0.05, 0) is 61.5 Å². The van der Waals surface area contributed by atoms with Gasteiger partial charge in [-0.1, -0.05) is 0 Å². The molecule has 0 aliphatic heterocycles. The van der Waals surface area contributed by atoms with Crippen LogP contribution in [0.15, 0.2) is 70.2 Å². The van der Waals surface area contributed by atoms with Crippen molar-refractivity contribution in [3.8, 4) is 0 Å². The van der Waals surface area contributed by atoms with Crippen LogP contribution in [0.4, 0.5) is 5.69 Å². The zero-order valence-corrected chi connectivity index (χ0v) is 17.0. The molecule has 0 atom stereocenters. The molecule has 29 heavy (non-hydrogen) atoms. The van der Waals surface area contributed by atoms with Crippen LogP contribution in [0, 0.1) is 6.92 Å². The number of carbonyl (C=O) groups is 1. The number of nitrogens with one attached hydrogen (secondary N) is 2. The average molecular weight is 428 g/mol. The minimum absolute atomic E-state index is 0.0527. The first-order valence-electron chi connectivity index (χ1n) is 8.71. The van der Waals surface area contributed by atoms with Gasteiger partial charge in [-0.15, -0.1) is 11.3 Å². The molecule has 2 N–H and O–H groups in total. The summed E-state index contributed by atoms with van der Waals surface area (Å²) >= 11 is 1.55. The lowest BCUT2D eigenvalue weighted by atomic mass is 10.2. The Hall–Kier alpha value is -3.01. The molecular weight excluding hydrogens is 410 g/mol. The van der Waals surface area contributed by atoms with E-state index in [2.05, 4.69) is 15.0 Å². The molecule has 0 aliphatic carbocycles. The van der Waals surface area contributed by atoms with Gasteiger partial charge >= 0.3 is 0 Å². The number of sulfonamides is 1. The summed E-state index contributed by atoms with van der Waals surface area (Å²) in [6.45, 7) is 1.99. The minimum Gasteiger partial charge on any atom is -0.468 e. The van der Waals surface area contributed by atoms with E-state index in [1.54, 1.807) is 29.5 Å². The Morgan fingerprint density at radius 1 is 1.14 bits per heavy atom. The number of carbonyl (C=O) groups excluding carboxylic acids is 1. The molecular formula is C20H17N3O4S2. The second kappa shape index (κ2) is 7.78. The maximum atomic E-state index is 12.5. The normalized spacial score (nSPS) is 11.6. The maximum absolute atomic E-state index is 12.5. The molecule has 4 rings (SSSR count). The summed E-state index contributed by atoms with van der Waals surface area (Å²) in [4.78, 5) is 17.0. The first-order chi connectivity index (χ1) is 13.9. The van der Waals surface area contributed by atoms with Crippen molar-refractivity contribution in [1.29, 1.82) is 0 Å². The molecule has 0 aliphatic rings. The Bertz CT molecular complexity index is 1260. The van der Waals surface area contributed by atoms with Crippen molar-refractivity contribution < 1.29 is 17.6 Å². The molecule has 2 aromatic heterocycles. The van der Waals surface area contributed by atoms with Crippen molar-refractivity contribution in [2.24, 2.45) is 0 Å². The topological polar surface area (TPSA) is 101 Å². The Balaban J connectivity index is 1.45. The molecule has 0 unspecified atom stereocenters. The fraction of sp³-hybridized carbons (Fsp3) is 0.100. The van der Waals surface area contributed by atoms with Crippen molar-refractivity contribution in [2.75, 3.05) is 5.32 Å². The van der Waals surface area contributed by atoms with Gasteiger partial charge < -0.3 is 9.73 Å². The zero-order valence-electron chi connectivity index (χ0n) is 15.4. The molecule has 0 fully saturated rings. The summed E-state index contributed by atoms with van der Waals surface area (Å²) in [5.41, 5.74) is 1.90. The zero-order chi connectivity index (χ0) is 20.4. The largest absolute Gasteiger partial charge is 0.468 e. The molecule has 0 radical (unpaired) electrons. The monoisotopic (exact) mass is 427 g/mol. The lowest BCUT2D eigenvalue weighted by Gasteiger charge is -2.08. The van der Waals surface area contributed by atoms with Crippen LogP contribution in [-0.4, -0.2) is 19.3 Å². The molecule has 4 aromatic rings. The fourth-order valence-corrected chi connectivity index (χ4v) is 4.63. The van der Waals surface area contributed by atoms with Crippen LogP contribution in [0.3, 0.4) is 0 Å². The van der Waals surface area contributed by atoms with Crippen LogP contribution in [0.5, 0.6) is 0 Å². The quantitative estimate of drug-likeness (QED) is 0.486. The highest BCUT2D eigenvalue weighted by atomic mass is 32.2. The number of fused-ring (bicyclic) bond motifs is 1. The number of benzene rings is 2. The number of aromatic nitrogens is 1. The van der Waals surface area contributed by atoms with Crippen molar-refractivity contribution in [3.63, 3.8) is 0 Å². The molecule has 2 heterocycles. The van der Waals surface area contributed by atoms with E-state index in [9.17, 15) is 13.2 Å². The van der Waals surface area contributed by atoms with Gasteiger partial charge in [-0.25, -0.2) is 18.1 Å². The molecule has 7 nitrogen and oxygen atoms in total. The molecule has 148 valence electrons. The van der Waals surface area contributed by atoms with Crippen molar-refractivity contribution in [1.82, 2.24) is 9.71 Å². The van der Waals surface area contributed by atoms with E-state index in [0.717, 1.165) is 15.2 Å². The molecule has 9 heteroatoms. The van der Waals surface area contributed by atoms with E-state index in [1.165, 1.54) is 30.5 Å². The lowest BCUT2D eigenvalue weighted by Crippen LogP contribution is -2.23. The first kappa shape index (κ1) is 19.3. The van der Waals surface area contributed by atoms with E-state index < -0.39 is 10.0 Å². The van der Waals surface area contributed by atoms with E-state index in [1.807, 2.05) is 19.1 Å². The van der Waals surface area contributed by atoms with Gasteiger partial charge in [0.05, 0.1) is 32.9 Å². The van der Waals surface area contributed by atoms with Crippen LogP contribution >= 0.6 is 11.3 Å². The van der Waals surface area contributed by atoms with E-state index >= 15 is 0 Å². The molecule has 0 spiro atoms. The lowest BCUT2D eigenvalue weighted by molar-refractivity contribution is 0.102. The number of aryl methyl sites for hydroxylation is 1. The number of amides is 1. The maximum Gasteiger partial charge on any atom is 0.255 e. The molecule has 1 amide bonds. The standard InChI is InChI=1S/C20H17N3O4S2/c1-13-22-18-9-6-15(11-19(18)28-13)23-20(24)14-4-7-17(8-5-14)29(25,26)21-12-16-3-2-10-27-16/h2-11,21H,12H2,1H3,(H,23,24). The Morgan fingerprint density at radius 2 is 1.93 bits per heavy atom. The minimum atomic E-state index is -3.71. The van der Waals surface area contributed by atoms with Crippen LogP contribution in [0.2, 0.25) is 0 Å². The van der Waals surface area contributed by atoms with Crippen molar-refractivity contribution in [2.45, 2.75) is 18.4 Å². The smallest absolute Gasteiger partial charge is 0.255 e. The first-order valence-corrected chi connectivity index (χ1v) is 11.0. The van der Waals surface area contributed by atoms with Gasteiger partial charge in [-0.2, -0.15) is 0 Å². The third kappa shape index (κ3) is 4.37. The highest BCUT2D eigenvalue weighted by molar-refractivity contribution is 7.89. The van der Waals surface area contributed by atoms with Gasteiger partial charge in [0.1, 0.15) is 5.76 Å². The number of hydrogen-bond acceptors (Lipinski definition) is 6. The Labute approximate surface area is 171 Å². The Kier molecular flexibility index (Phi) is 5.18. The van der Waals surface area contributed by atoms with Gasteiger partial charge in [0.15, 0.2) is 0 Å². The van der Waals surface area contributed by atoms with Gasteiger partial charge in [0.2, 0.25) is 10.0 Å². The number of anilines is 1. The highest BCUT2D eigenvalue weighted by Crippen LogP contribution is 2.25. The van der Waals surface area contributed by atoms with Crippen molar-refractivity contribution in [3.05, 3.63) is 77.2 Å². The predicted octanol–water partition coefficient (Wildman–Crippen LogP) is 3.93. The van der Waals surface area contributed by atoms with Gasteiger partial charge in [0.25, 0.3) is 5.91 Å². The van der Waals surface area contributed by atoms with Crippen LogP contribution in [0.25, 0.3) is 10.2 Å². The summed E-state index contributed by atoms with van der Waals surface area (Å²) in [6.07, 6.45) is 1.48. The number of furan rings is 1. The van der Waals surface area contributed by atoms with E-state index in [4.69, 9.17) is 4.42 Å². The fourth-order valence-electron chi connectivity index (χ4n) is 2.77. The van der Waals surface area contributed by atoms with E-state index in [-0.39, 0.29) is 17.3 Å². The number of nitrogens with zero attached hydrogens (tertiary/aromatic N) is 1. The average Bonchev–Trinajstić information content (AvgIpc) is 3.35. The van der Waals surface area contributed by atoms with E-state index in [0.29, 0.717) is 17.0 Å². The molecule has 0 bridgehead atoms. The van der Waals surface area contributed by atoms with Crippen molar-refractivity contribution >= 4 is 43.2 Å². The van der Waals surface area contributed by atoms with Crippen LogP contribution in [0.1, 0.15) is 21.1 Å². The van der Waals surface area contributed by atoms with Crippen LogP contribution in [-0.2, 0) is 16.6 Å². The molecule has 0 saturated carbocycles. The summed E-state index contributed by atoms with van der Waals surface area (Å²) in [5, 5.41) is 3.78. The summed E-state index contributed by atoms with van der Waals surface area (Å²) in [6, 6.07) is 14.6. The van der Waals surface area contributed by atoms with Gasteiger partial charge in [-0.3, -0.25) is 4.79 Å². The third-order valence-corrected chi connectivity index (χ3v) is 6.55. The summed E-state index contributed by atoms with van der Waals surface area (Å²) in [5.74, 6) is 0.191. The third-order valence-electron chi connectivity index (χ3n) is 4.20. The predicted molar refractivity (Wildman–Crippen MR) is 111 cm³/mol. The Morgan fingerprint density at radius 3 is 2.66 bits per heavy atom. The van der Waals surface area contributed by atoms with Crippen LogP contribution < -0.4 is 10.0 Å². The number of rotatable bonds is 6. The summed E-state index contributed by atoms with van der Waals surface area (Å²) < 4.78 is 33.3. The second-order valence-corrected chi connectivity index (χ2v) is 9.30. The second-order valence-electron chi connectivity index (χ2n) is 6.30. The number of hydrogen-bond donors (Lipinski definition) is 2. The number of thiazole rings is 1. The summed E-state index contributed by atoms with van der Waals surface area (Å²) in [7, 11) is -3.71.